The minimum absolute atomic E-state index is 0.203. The predicted molar refractivity (Wildman–Crippen MR) is 137 cm³/mol. The minimum Gasteiger partial charge on any atom is -0.460 e. The number of aliphatic hydroxyl groups is 1. The van der Waals surface area contributed by atoms with Crippen molar-refractivity contribution in [2.24, 2.45) is 0 Å². The summed E-state index contributed by atoms with van der Waals surface area (Å²) in [5, 5.41) is 10.9. The Balaban J connectivity index is 1.63. The number of aliphatic hydroxyl groups excluding tert-OH is 1. The average molecular weight is 464 g/mol. The fourth-order valence-corrected chi connectivity index (χ4v) is 5.27. The third kappa shape index (κ3) is 4.51. The number of carbonyl (C=O) groups is 1. The number of hydrogen-bond donors (Lipinski definition) is 1. The number of likely N-dealkylation sites (tertiary alicyclic amines) is 1. The Morgan fingerprint density at radius 1 is 0.743 bits per heavy atom. The summed E-state index contributed by atoms with van der Waals surface area (Å²) in [6.07, 6.45) is -0.318. The second-order valence-corrected chi connectivity index (χ2v) is 8.96. The van der Waals surface area contributed by atoms with Crippen LogP contribution < -0.4 is 0 Å². The van der Waals surface area contributed by atoms with Gasteiger partial charge in [0.05, 0.1) is 11.6 Å². The van der Waals surface area contributed by atoms with Crippen LogP contribution in [-0.2, 0) is 21.7 Å². The fourth-order valence-electron chi connectivity index (χ4n) is 5.27. The van der Waals surface area contributed by atoms with Gasteiger partial charge in [-0.1, -0.05) is 121 Å². The fraction of sp³-hybridized carbons (Fsp3) is 0.194. The summed E-state index contributed by atoms with van der Waals surface area (Å²) < 4.78 is 5.80. The highest BCUT2D eigenvalue weighted by atomic mass is 16.5. The highest BCUT2D eigenvalue weighted by molar-refractivity contribution is 5.77. The summed E-state index contributed by atoms with van der Waals surface area (Å²) in [5.41, 5.74) is 3.26. The van der Waals surface area contributed by atoms with Crippen LogP contribution in [0.15, 0.2) is 121 Å². The molecule has 176 valence electrons. The van der Waals surface area contributed by atoms with Crippen molar-refractivity contribution in [3.63, 3.8) is 0 Å². The van der Waals surface area contributed by atoms with Crippen molar-refractivity contribution in [3.8, 4) is 0 Å². The molecule has 0 radical (unpaired) electrons. The molecule has 0 amide bonds. The molecule has 4 aromatic carbocycles. The van der Waals surface area contributed by atoms with Crippen LogP contribution in [0.1, 0.15) is 28.7 Å². The maximum absolute atomic E-state index is 13.5. The molecule has 0 bridgehead atoms. The van der Waals surface area contributed by atoms with Crippen molar-refractivity contribution in [2.75, 3.05) is 6.54 Å². The Hall–Kier alpha value is -3.73. The van der Waals surface area contributed by atoms with Crippen LogP contribution in [-0.4, -0.2) is 34.7 Å². The van der Waals surface area contributed by atoms with E-state index in [1.165, 1.54) is 0 Å². The molecular formula is C31H29NO3. The van der Waals surface area contributed by atoms with Crippen molar-refractivity contribution in [2.45, 2.75) is 30.7 Å². The lowest BCUT2D eigenvalue weighted by Gasteiger charge is -2.45. The van der Waals surface area contributed by atoms with Crippen LogP contribution in [0.25, 0.3) is 0 Å². The Morgan fingerprint density at radius 3 is 1.63 bits per heavy atom. The number of β-amino-alcohol motifs (C(OH)–C–C–N with tert-alkyl or cyclic N) is 1. The maximum Gasteiger partial charge on any atom is 0.323 e. The smallest absolute Gasteiger partial charge is 0.323 e. The van der Waals surface area contributed by atoms with Crippen LogP contribution in [0.4, 0.5) is 0 Å². The van der Waals surface area contributed by atoms with Gasteiger partial charge in [0.2, 0.25) is 0 Å². The molecule has 1 aliphatic heterocycles. The average Bonchev–Trinajstić information content (AvgIpc) is 3.32. The van der Waals surface area contributed by atoms with Crippen molar-refractivity contribution in [1.82, 2.24) is 4.90 Å². The van der Waals surface area contributed by atoms with Gasteiger partial charge in [0.15, 0.2) is 0 Å². The zero-order valence-electron chi connectivity index (χ0n) is 19.5. The lowest BCUT2D eigenvalue weighted by molar-refractivity contribution is -0.151. The number of benzene rings is 4. The Labute approximate surface area is 206 Å². The molecule has 0 aliphatic carbocycles. The van der Waals surface area contributed by atoms with E-state index in [4.69, 9.17) is 4.74 Å². The van der Waals surface area contributed by atoms with Gasteiger partial charge in [-0.25, -0.2) is 0 Å². The first kappa shape index (κ1) is 23.0. The van der Waals surface area contributed by atoms with E-state index in [-0.39, 0.29) is 12.6 Å². The SMILES string of the molecule is O=C(OCc1ccccc1)[C@@H]1C[C@@H](O)CN1C(c1ccccc1)(c1ccccc1)c1ccccc1. The van der Waals surface area contributed by atoms with E-state index in [1.54, 1.807) is 0 Å². The molecule has 4 heteroatoms. The van der Waals surface area contributed by atoms with E-state index < -0.39 is 17.7 Å². The second kappa shape index (κ2) is 10.3. The zero-order valence-corrected chi connectivity index (χ0v) is 19.5. The van der Waals surface area contributed by atoms with Crippen LogP contribution in [0.3, 0.4) is 0 Å². The first-order valence-electron chi connectivity index (χ1n) is 12.0. The highest BCUT2D eigenvalue weighted by Crippen LogP contribution is 2.46. The first-order valence-corrected chi connectivity index (χ1v) is 12.0. The van der Waals surface area contributed by atoms with Gasteiger partial charge in [-0.2, -0.15) is 0 Å². The molecule has 0 aromatic heterocycles. The number of esters is 1. The van der Waals surface area contributed by atoms with Gasteiger partial charge in [0.1, 0.15) is 12.6 Å². The summed E-state index contributed by atoms with van der Waals surface area (Å²) in [7, 11) is 0. The van der Waals surface area contributed by atoms with Gasteiger partial charge in [-0.3, -0.25) is 9.69 Å². The van der Waals surface area contributed by atoms with Crippen LogP contribution in [0.2, 0.25) is 0 Å². The molecule has 2 atom stereocenters. The molecular weight excluding hydrogens is 434 g/mol. The van der Waals surface area contributed by atoms with Crippen LogP contribution in [0.5, 0.6) is 0 Å². The number of nitrogens with zero attached hydrogens (tertiary/aromatic N) is 1. The molecule has 1 aliphatic rings. The standard InChI is InChI=1S/C31H29NO3/c33-28-21-29(30(34)35-23-24-13-5-1-6-14-24)32(22-28)31(25-15-7-2-8-16-25,26-17-9-3-10-18-26)27-19-11-4-12-20-27/h1-20,28-29,33H,21-23H2/t28-,29+/m1/s1. The van der Waals surface area contributed by atoms with Crippen LogP contribution >= 0.6 is 0 Å². The Bertz CT molecular complexity index is 1130. The van der Waals surface area contributed by atoms with E-state index in [1.807, 2.05) is 84.9 Å². The monoisotopic (exact) mass is 463 g/mol. The number of carbonyl (C=O) groups excluding carboxylic acids is 1. The Kier molecular flexibility index (Phi) is 6.75. The van der Waals surface area contributed by atoms with E-state index in [2.05, 4.69) is 41.3 Å². The van der Waals surface area contributed by atoms with Gasteiger partial charge in [-0.15, -0.1) is 0 Å². The number of rotatable bonds is 7. The third-order valence-corrected chi connectivity index (χ3v) is 6.78. The van der Waals surface area contributed by atoms with Gasteiger partial charge in [-0.05, 0) is 22.3 Å². The summed E-state index contributed by atoms with van der Waals surface area (Å²) in [6.45, 7) is 0.554. The van der Waals surface area contributed by atoms with E-state index >= 15 is 0 Å². The molecule has 5 rings (SSSR count). The van der Waals surface area contributed by atoms with Gasteiger partial charge >= 0.3 is 5.97 Å². The molecule has 0 spiro atoms. The summed E-state index contributed by atoms with van der Waals surface area (Å²) in [5.74, 6) is -0.322. The molecule has 0 unspecified atom stereocenters. The van der Waals surface area contributed by atoms with Gasteiger partial charge < -0.3 is 9.84 Å². The van der Waals surface area contributed by atoms with E-state index in [0.717, 1.165) is 22.3 Å². The molecule has 4 aromatic rings. The molecule has 1 fully saturated rings. The lowest BCUT2D eigenvalue weighted by atomic mass is 9.75. The summed E-state index contributed by atoms with van der Waals surface area (Å²) in [6, 6.07) is 39.7. The molecule has 4 nitrogen and oxygen atoms in total. The predicted octanol–water partition coefficient (Wildman–Crippen LogP) is 5.16. The second-order valence-electron chi connectivity index (χ2n) is 8.96. The Morgan fingerprint density at radius 2 is 1.17 bits per heavy atom. The molecule has 1 heterocycles. The normalized spacial score (nSPS) is 18.3. The molecule has 1 saturated heterocycles. The number of hydrogen-bond acceptors (Lipinski definition) is 4. The molecule has 35 heavy (non-hydrogen) atoms. The summed E-state index contributed by atoms with van der Waals surface area (Å²) in [4.78, 5) is 15.7. The highest BCUT2D eigenvalue weighted by Gasteiger charge is 2.51. The van der Waals surface area contributed by atoms with Crippen molar-refractivity contribution >= 4 is 5.97 Å². The topological polar surface area (TPSA) is 49.8 Å². The lowest BCUT2D eigenvalue weighted by Crippen LogP contribution is -2.53. The van der Waals surface area contributed by atoms with Crippen molar-refractivity contribution in [3.05, 3.63) is 144 Å². The largest absolute Gasteiger partial charge is 0.460 e. The summed E-state index contributed by atoms with van der Waals surface area (Å²) >= 11 is 0. The first-order chi connectivity index (χ1) is 17.2. The van der Waals surface area contributed by atoms with Gasteiger partial charge in [0.25, 0.3) is 0 Å². The minimum atomic E-state index is -0.780. The van der Waals surface area contributed by atoms with E-state index in [9.17, 15) is 9.90 Å². The molecule has 1 N–H and O–H groups in total. The number of ether oxygens (including phenoxy) is 1. The quantitative estimate of drug-likeness (QED) is 0.304. The van der Waals surface area contributed by atoms with E-state index in [0.29, 0.717) is 13.0 Å². The maximum atomic E-state index is 13.5. The molecule has 0 saturated carbocycles. The van der Waals surface area contributed by atoms with Crippen molar-refractivity contribution in [1.29, 1.82) is 0 Å². The van der Waals surface area contributed by atoms with Gasteiger partial charge in [0, 0.05) is 13.0 Å². The van der Waals surface area contributed by atoms with Crippen molar-refractivity contribution < 1.29 is 14.6 Å². The zero-order chi connectivity index (χ0) is 24.1. The van der Waals surface area contributed by atoms with Crippen LogP contribution in [0, 0.1) is 0 Å². The third-order valence-electron chi connectivity index (χ3n) is 6.78.